The molecule has 10 amide bonds. The Morgan fingerprint density at radius 1 is 0.652 bits per heavy atom. The van der Waals surface area contributed by atoms with E-state index in [0.717, 1.165) is 0 Å². The Labute approximate surface area is 380 Å². The second-order valence-corrected chi connectivity index (χ2v) is 16.3. The number of likely N-dealkylation sites (tertiary alicyclic amines) is 2. The third-order valence-electron chi connectivity index (χ3n) is 11.2. The van der Waals surface area contributed by atoms with Gasteiger partial charge < -0.3 is 81.0 Å². The lowest BCUT2D eigenvalue weighted by Gasteiger charge is -2.32. The Balaban J connectivity index is 2.32. The molecule has 0 aliphatic carbocycles. The third-order valence-corrected chi connectivity index (χ3v) is 11.2. The maximum absolute atomic E-state index is 14.1. The molecule has 0 radical (unpaired) electrons. The zero-order valence-electron chi connectivity index (χ0n) is 37.2. The lowest BCUT2D eigenvalue weighted by molar-refractivity contribution is -0.152. The van der Waals surface area contributed by atoms with Crippen molar-refractivity contribution in [1.29, 1.82) is 0 Å². The predicted octanol–water partition coefficient (Wildman–Crippen LogP) is -6.70. The minimum atomic E-state index is -1.80. The molecule has 9 atom stereocenters. The number of nitrogens with zero attached hydrogens (tertiary/aromatic N) is 3. The van der Waals surface area contributed by atoms with Crippen LogP contribution in [-0.4, -0.2) is 166 Å². The predicted molar refractivity (Wildman–Crippen MR) is 232 cm³/mol. The van der Waals surface area contributed by atoms with Gasteiger partial charge in [0.15, 0.2) is 5.96 Å². The molecule has 2 fully saturated rings. The largest absolute Gasteiger partial charge is 0.480 e. The standard InChI is InChI=1S/C39H66N14O13/c1-3-19(2)30(51-32(59)21(11-13-28(42)56)47-31(58)20(40)10-12-27(41)55)35(62)49-23(17-29(43)57)33(60)50-24(18-54)34(61)48-22(7-4-14-46-39(44)45)36(63)52-15-5-8-25(52)37(64)53-16-6-9-26(53)38(65)66/h19-26,30,54H,3-18,40H2,1-2H3,(H2,41,55)(H2,42,56)(H2,43,57)(H,47,58)(H,48,61)(H,49,62)(H,50,60)(H,51,59)(H,65,66)(H4,44,45,46)/t19-,20-,21-,22-,23-,24-,25-,26-,30-/m0/s1. The molecule has 2 heterocycles. The fourth-order valence-corrected chi connectivity index (χ4v) is 7.36. The van der Waals surface area contributed by atoms with Crippen molar-refractivity contribution in [3.05, 3.63) is 0 Å². The first-order chi connectivity index (χ1) is 31.0. The molecular weight excluding hydrogens is 873 g/mol. The quantitative estimate of drug-likeness (QED) is 0.0197. The maximum atomic E-state index is 14.1. The number of guanidine groups is 1. The smallest absolute Gasteiger partial charge is 0.326 e. The van der Waals surface area contributed by atoms with Gasteiger partial charge >= 0.3 is 5.97 Å². The first-order valence-corrected chi connectivity index (χ1v) is 21.6. The Morgan fingerprint density at radius 3 is 1.74 bits per heavy atom. The molecule has 19 N–H and O–H groups in total. The van der Waals surface area contributed by atoms with Crippen molar-refractivity contribution in [2.75, 3.05) is 26.2 Å². The van der Waals surface area contributed by atoms with Crippen molar-refractivity contribution in [3.8, 4) is 0 Å². The molecule has 2 aliphatic rings. The molecule has 0 aromatic carbocycles. The fourth-order valence-electron chi connectivity index (χ4n) is 7.36. The zero-order valence-corrected chi connectivity index (χ0v) is 37.2. The van der Waals surface area contributed by atoms with E-state index >= 15 is 0 Å². The summed E-state index contributed by atoms with van der Waals surface area (Å²) in [5.74, 6) is -11.1. The number of aliphatic hydroxyl groups excluding tert-OH is 1. The number of carbonyl (C=O) groups is 11. The van der Waals surface area contributed by atoms with Crippen LogP contribution in [0.15, 0.2) is 4.99 Å². The number of primary amides is 3. The summed E-state index contributed by atoms with van der Waals surface area (Å²) >= 11 is 0. The van der Waals surface area contributed by atoms with Crippen molar-refractivity contribution >= 4 is 71.0 Å². The number of amides is 10. The number of aliphatic hydroxyl groups is 1. The van der Waals surface area contributed by atoms with Crippen LogP contribution in [0.25, 0.3) is 0 Å². The van der Waals surface area contributed by atoms with Crippen molar-refractivity contribution in [2.45, 2.75) is 139 Å². The van der Waals surface area contributed by atoms with E-state index in [4.69, 9.17) is 34.4 Å². The Hall–Kier alpha value is -6.64. The van der Waals surface area contributed by atoms with Gasteiger partial charge in [0, 0.05) is 32.5 Å². The van der Waals surface area contributed by atoms with Crippen molar-refractivity contribution in [3.63, 3.8) is 0 Å². The first kappa shape index (κ1) is 55.5. The summed E-state index contributed by atoms with van der Waals surface area (Å²) in [6, 6.07) is -11.3. The molecule has 370 valence electrons. The van der Waals surface area contributed by atoms with Crippen LogP contribution in [0.3, 0.4) is 0 Å². The van der Waals surface area contributed by atoms with Gasteiger partial charge in [-0.2, -0.15) is 0 Å². The molecule has 0 unspecified atom stereocenters. The van der Waals surface area contributed by atoms with Crippen LogP contribution in [0.5, 0.6) is 0 Å². The summed E-state index contributed by atoms with van der Waals surface area (Å²) in [7, 11) is 0. The summed E-state index contributed by atoms with van der Waals surface area (Å²) in [5.41, 5.74) is 32.5. The van der Waals surface area contributed by atoms with E-state index in [2.05, 4.69) is 31.6 Å². The van der Waals surface area contributed by atoms with Crippen LogP contribution in [-0.2, 0) is 52.7 Å². The zero-order chi connectivity index (χ0) is 49.8. The number of carbonyl (C=O) groups excluding carboxylic acids is 10. The third kappa shape index (κ3) is 17.4. The van der Waals surface area contributed by atoms with Gasteiger partial charge in [0.05, 0.1) is 19.1 Å². The van der Waals surface area contributed by atoms with E-state index < -0.39 is 132 Å². The van der Waals surface area contributed by atoms with Crippen molar-refractivity contribution in [1.82, 2.24) is 36.4 Å². The minimum Gasteiger partial charge on any atom is -0.480 e. The van der Waals surface area contributed by atoms with E-state index in [1.807, 2.05) is 0 Å². The second-order valence-electron chi connectivity index (χ2n) is 16.3. The van der Waals surface area contributed by atoms with Crippen LogP contribution >= 0.6 is 0 Å². The van der Waals surface area contributed by atoms with E-state index in [0.29, 0.717) is 12.8 Å². The Kier molecular flexibility index (Phi) is 22.7. The average molecular weight is 939 g/mol. The average Bonchev–Trinajstić information content (AvgIpc) is 3.96. The number of carboxylic acid groups (broad SMARTS) is 1. The van der Waals surface area contributed by atoms with E-state index in [-0.39, 0.29) is 83.4 Å². The number of hydrogen-bond acceptors (Lipinski definition) is 14. The lowest BCUT2D eigenvalue weighted by Crippen LogP contribution is -2.61. The number of carboxylic acids is 1. The number of hydrogen-bond donors (Lipinski definition) is 13. The highest BCUT2D eigenvalue weighted by Crippen LogP contribution is 2.26. The SMILES string of the molecule is CC[C@H](C)[C@H](NC(=O)[C@H](CCC(N)=O)NC(=O)[C@@H](N)CCC(N)=O)C(=O)N[C@@H](CC(N)=O)C(=O)N[C@@H](CO)C(=O)N[C@@H](CCCN=C(N)N)C(=O)N1CCC[C@H]1C(=O)N1CCC[C@H]1C(=O)O. The second kappa shape index (κ2) is 27.0. The Morgan fingerprint density at radius 2 is 1.18 bits per heavy atom. The minimum absolute atomic E-state index is 0.0282. The van der Waals surface area contributed by atoms with Gasteiger partial charge in [-0.05, 0) is 57.3 Å². The van der Waals surface area contributed by atoms with Gasteiger partial charge in [-0.15, -0.1) is 0 Å². The summed E-state index contributed by atoms with van der Waals surface area (Å²) in [5, 5.41) is 31.8. The molecule has 0 aromatic heterocycles. The summed E-state index contributed by atoms with van der Waals surface area (Å²) in [6.07, 6.45) is -0.322. The van der Waals surface area contributed by atoms with Crippen LogP contribution in [0.1, 0.15) is 90.9 Å². The topological polar surface area (TPSA) is 463 Å². The summed E-state index contributed by atoms with van der Waals surface area (Å²) in [4.78, 5) is 148. The molecule has 66 heavy (non-hydrogen) atoms. The van der Waals surface area contributed by atoms with Crippen LogP contribution < -0.4 is 61.0 Å². The van der Waals surface area contributed by atoms with E-state index in [1.165, 1.54) is 9.80 Å². The number of rotatable bonds is 28. The molecule has 2 aliphatic heterocycles. The van der Waals surface area contributed by atoms with Crippen LogP contribution in [0.4, 0.5) is 0 Å². The monoisotopic (exact) mass is 938 g/mol. The molecule has 27 nitrogen and oxygen atoms in total. The molecule has 2 rings (SSSR count). The van der Waals surface area contributed by atoms with E-state index in [1.54, 1.807) is 13.8 Å². The van der Waals surface area contributed by atoms with Gasteiger partial charge in [0.2, 0.25) is 59.1 Å². The van der Waals surface area contributed by atoms with Crippen molar-refractivity contribution < 1.29 is 63.0 Å². The number of nitrogens with one attached hydrogen (secondary N) is 5. The summed E-state index contributed by atoms with van der Waals surface area (Å²) in [6.45, 7) is 2.48. The molecule has 0 saturated carbocycles. The normalized spacial score (nSPS) is 18.8. The number of aliphatic imine (C=N–C) groups is 1. The molecule has 0 aromatic rings. The molecule has 27 heteroatoms. The maximum Gasteiger partial charge on any atom is 0.326 e. The highest BCUT2D eigenvalue weighted by atomic mass is 16.4. The van der Waals surface area contributed by atoms with Crippen LogP contribution in [0, 0.1) is 5.92 Å². The van der Waals surface area contributed by atoms with Gasteiger partial charge in [0.1, 0.15) is 42.3 Å². The van der Waals surface area contributed by atoms with E-state index in [9.17, 15) is 63.0 Å². The number of nitrogens with two attached hydrogens (primary N) is 6. The Bertz CT molecular complexity index is 1830. The van der Waals surface area contributed by atoms with Crippen molar-refractivity contribution in [2.24, 2.45) is 45.3 Å². The molecule has 0 bridgehead atoms. The highest BCUT2D eigenvalue weighted by Gasteiger charge is 2.44. The molecule has 0 spiro atoms. The first-order valence-electron chi connectivity index (χ1n) is 21.6. The fraction of sp³-hybridized carbons (Fsp3) is 0.692. The van der Waals surface area contributed by atoms with Gasteiger partial charge in [-0.3, -0.25) is 52.9 Å². The van der Waals surface area contributed by atoms with Gasteiger partial charge in [-0.25, -0.2) is 4.79 Å². The molecular formula is C39H66N14O13. The molecule has 2 saturated heterocycles. The lowest BCUT2D eigenvalue weighted by atomic mass is 9.96. The van der Waals surface area contributed by atoms with Gasteiger partial charge in [-0.1, -0.05) is 20.3 Å². The van der Waals surface area contributed by atoms with Gasteiger partial charge in [0.25, 0.3) is 0 Å². The highest BCUT2D eigenvalue weighted by molar-refractivity contribution is 5.99. The van der Waals surface area contributed by atoms with Crippen LogP contribution in [0.2, 0.25) is 0 Å². The summed E-state index contributed by atoms with van der Waals surface area (Å²) < 4.78 is 0. The number of aliphatic carboxylic acids is 1.